The Morgan fingerprint density at radius 2 is 2.00 bits per heavy atom. The summed E-state index contributed by atoms with van der Waals surface area (Å²) in [7, 11) is 1.60. The van der Waals surface area contributed by atoms with Crippen LogP contribution in [0.1, 0.15) is 12.0 Å². The topological polar surface area (TPSA) is 53.7 Å². The van der Waals surface area contributed by atoms with Crippen molar-refractivity contribution in [3.8, 4) is 17.2 Å². The van der Waals surface area contributed by atoms with E-state index in [1.165, 1.54) is 0 Å². The van der Waals surface area contributed by atoms with Gasteiger partial charge in [0, 0.05) is 17.7 Å². The molecule has 0 spiro atoms. The normalized spacial score (nSPS) is 14.1. The Morgan fingerprint density at radius 3 is 2.62 bits per heavy atom. The summed E-state index contributed by atoms with van der Waals surface area (Å²) in [5.74, 6) is 1.90. The Bertz CT molecular complexity index is 415. The van der Waals surface area contributed by atoms with E-state index in [-0.39, 0.29) is 0 Å². The van der Waals surface area contributed by atoms with Gasteiger partial charge < -0.3 is 19.9 Å². The number of ether oxygens (including phenoxy) is 3. The number of fused-ring (bicyclic) bond motifs is 1. The first-order valence-electron chi connectivity index (χ1n) is 5.15. The van der Waals surface area contributed by atoms with E-state index >= 15 is 0 Å². The molecule has 1 aliphatic heterocycles. The van der Waals surface area contributed by atoms with Gasteiger partial charge in [-0.15, -0.1) is 0 Å². The highest BCUT2D eigenvalue weighted by Gasteiger charge is 2.20. The summed E-state index contributed by atoms with van der Waals surface area (Å²) >= 11 is 0. The minimum absolute atomic E-state index is 0.462. The highest BCUT2D eigenvalue weighted by Crippen LogP contribution is 2.42. The molecule has 0 saturated carbocycles. The second-order valence-corrected chi connectivity index (χ2v) is 3.55. The van der Waals surface area contributed by atoms with Crippen LogP contribution in [0.5, 0.6) is 17.2 Å². The van der Waals surface area contributed by atoms with Crippen LogP contribution >= 0.6 is 0 Å². The highest BCUT2D eigenvalue weighted by molar-refractivity contribution is 5.72. The lowest BCUT2D eigenvalue weighted by atomic mass is 10.1. The quantitative estimate of drug-likeness (QED) is 0.827. The minimum atomic E-state index is 0.462. The molecule has 1 heterocycles. The molecule has 1 aromatic rings. The molecule has 4 heteroatoms. The van der Waals surface area contributed by atoms with Crippen molar-refractivity contribution in [2.45, 2.75) is 6.42 Å². The van der Waals surface area contributed by atoms with Gasteiger partial charge in [-0.3, -0.25) is 0 Å². The molecule has 16 heavy (non-hydrogen) atoms. The van der Waals surface area contributed by atoms with Crippen LogP contribution in [0.3, 0.4) is 0 Å². The fourth-order valence-corrected chi connectivity index (χ4v) is 1.65. The molecule has 2 rings (SSSR count). The van der Waals surface area contributed by atoms with Crippen molar-refractivity contribution in [3.05, 3.63) is 24.3 Å². The first-order chi connectivity index (χ1) is 7.74. The predicted molar refractivity (Wildman–Crippen MR) is 61.8 cm³/mol. The van der Waals surface area contributed by atoms with Gasteiger partial charge in [-0.25, -0.2) is 0 Å². The Morgan fingerprint density at radius 1 is 1.31 bits per heavy atom. The molecule has 0 unspecified atom stereocenters. The summed E-state index contributed by atoms with van der Waals surface area (Å²) < 4.78 is 16.5. The van der Waals surface area contributed by atoms with Gasteiger partial charge in [0.25, 0.3) is 0 Å². The van der Waals surface area contributed by atoms with E-state index in [1.807, 2.05) is 6.07 Å². The standard InChI is InChI=1S/C12H15NO3/c1-8(13)9-4-5-10(14-2)12-11(9)15-6-3-7-16-12/h4-5H,1,3,6-7,13H2,2H3. The van der Waals surface area contributed by atoms with Crippen molar-refractivity contribution in [3.63, 3.8) is 0 Å². The van der Waals surface area contributed by atoms with Gasteiger partial charge in [0.2, 0.25) is 5.75 Å². The first-order valence-corrected chi connectivity index (χ1v) is 5.15. The lowest BCUT2D eigenvalue weighted by molar-refractivity contribution is 0.289. The molecule has 2 N–H and O–H groups in total. The Kier molecular flexibility index (Phi) is 2.90. The van der Waals surface area contributed by atoms with E-state index < -0.39 is 0 Å². The molecule has 86 valence electrons. The van der Waals surface area contributed by atoms with Crippen LogP contribution in [0.2, 0.25) is 0 Å². The zero-order valence-electron chi connectivity index (χ0n) is 9.29. The second kappa shape index (κ2) is 4.35. The van der Waals surface area contributed by atoms with E-state index in [2.05, 4.69) is 6.58 Å². The highest BCUT2D eigenvalue weighted by atomic mass is 16.5. The van der Waals surface area contributed by atoms with Crippen LogP contribution in [-0.4, -0.2) is 20.3 Å². The Hall–Kier alpha value is -1.84. The van der Waals surface area contributed by atoms with Crippen molar-refractivity contribution in [1.82, 2.24) is 0 Å². The van der Waals surface area contributed by atoms with E-state index in [0.29, 0.717) is 36.2 Å². The van der Waals surface area contributed by atoms with Crippen LogP contribution < -0.4 is 19.9 Å². The monoisotopic (exact) mass is 221 g/mol. The lowest BCUT2D eigenvalue weighted by Crippen LogP contribution is -2.02. The van der Waals surface area contributed by atoms with Gasteiger partial charge in [-0.2, -0.15) is 0 Å². The molecule has 0 saturated heterocycles. The van der Waals surface area contributed by atoms with Crippen molar-refractivity contribution < 1.29 is 14.2 Å². The molecule has 0 bridgehead atoms. The van der Waals surface area contributed by atoms with Crippen molar-refractivity contribution in [2.75, 3.05) is 20.3 Å². The summed E-state index contributed by atoms with van der Waals surface area (Å²) in [5, 5.41) is 0. The van der Waals surface area contributed by atoms with Crippen molar-refractivity contribution >= 4 is 5.70 Å². The summed E-state index contributed by atoms with van der Waals surface area (Å²) in [6.45, 7) is 4.95. The first kappa shape index (κ1) is 10.7. The zero-order chi connectivity index (χ0) is 11.5. The van der Waals surface area contributed by atoms with Crippen LogP contribution in [0.15, 0.2) is 18.7 Å². The lowest BCUT2D eigenvalue weighted by Gasteiger charge is -2.15. The third-order valence-electron chi connectivity index (χ3n) is 2.42. The fraction of sp³-hybridized carbons (Fsp3) is 0.333. The average molecular weight is 221 g/mol. The summed E-state index contributed by atoms with van der Waals surface area (Å²) in [6, 6.07) is 3.63. The number of nitrogens with two attached hydrogens (primary N) is 1. The van der Waals surface area contributed by atoms with Crippen molar-refractivity contribution in [1.29, 1.82) is 0 Å². The Labute approximate surface area is 94.6 Å². The number of hydrogen-bond acceptors (Lipinski definition) is 4. The minimum Gasteiger partial charge on any atom is -0.493 e. The third-order valence-corrected chi connectivity index (χ3v) is 2.42. The largest absolute Gasteiger partial charge is 0.493 e. The number of rotatable bonds is 2. The summed E-state index contributed by atoms with van der Waals surface area (Å²) in [5.41, 5.74) is 6.93. The SMILES string of the molecule is C=C(N)c1ccc(OC)c2c1OCCCO2. The van der Waals surface area contributed by atoms with Crippen LogP contribution in [0.4, 0.5) is 0 Å². The summed E-state index contributed by atoms with van der Waals surface area (Å²) in [4.78, 5) is 0. The molecule has 0 atom stereocenters. The number of benzene rings is 1. The van der Waals surface area contributed by atoms with Gasteiger partial charge in [0.15, 0.2) is 11.5 Å². The van der Waals surface area contributed by atoms with Gasteiger partial charge in [0.1, 0.15) is 0 Å². The van der Waals surface area contributed by atoms with Crippen LogP contribution in [-0.2, 0) is 0 Å². The second-order valence-electron chi connectivity index (χ2n) is 3.55. The smallest absolute Gasteiger partial charge is 0.204 e. The maximum absolute atomic E-state index is 5.71. The Balaban J connectivity index is 2.56. The molecule has 0 aromatic heterocycles. The van der Waals surface area contributed by atoms with Gasteiger partial charge in [-0.1, -0.05) is 6.58 Å². The van der Waals surface area contributed by atoms with E-state index in [0.717, 1.165) is 12.0 Å². The molecular weight excluding hydrogens is 206 g/mol. The molecule has 0 fully saturated rings. The van der Waals surface area contributed by atoms with Gasteiger partial charge in [-0.05, 0) is 12.1 Å². The number of hydrogen-bond donors (Lipinski definition) is 1. The summed E-state index contributed by atoms with van der Waals surface area (Å²) in [6.07, 6.45) is 0.842. The van der Waals surface area contributed by atoms with E-state index in [9.17, 15) is 0 Å². The molecule has 4 nitrogen and oxygen atoms in total. The molecule has 0 amide bonds. The van der Waals surface area contributed by atoms with Crippen molar-refractivity contribution in [2.24, 2.45) is 5.73 Å². The molecular formula is C12H15NO3. The molecule has 0 aliphatic carbocycles. The van der Waals surface area contributed by atoms with Gasteiger partial charge >= 0.3 is 0 Å². The van der Waals surface area contributed by atoms with E-state index in [4.69, 9.17) is 19.9 Å². The third kappa shape index (κ3) is 1.78. The maximum atomic E-state index is 5.71. The van der Waals surface area contributed by atoms with E-state index in [1.54, 1.807) is 13.2 Å². The number of methoxy groups -OCH3 is 1. The van der Waals surface area contributed by atoms with Crippen LogP contribution in [0.25, 0.3) is 5.70 Å². The predicted octanol–water partition coefficient (Wildman–Crippen LogP) is 1.79. The molecule has 0 radical (unpaired) electrons. The zero-order valence-corrected chi connectivity index (χ0v) is 9.29. The molecule has 1 aliphatic rings. The molecule has 1 aromatic carbocycles. The fourth-order valence-electron chi connectivity index (χ4n) is 1.65. The average Bonchev–Trinajstić information content (AvgIpc) is 2.52. The maximum Gasteiger partial charge on any atom is 0.204 e. The van der Waals surface area contributed by atoms with Crippen LogP contribution in [0, 0.1) is 0 Å². The van der Waals surface area contributed by atoms with Gasteiger partial charge in [0.05, 0.1) is 20.3 Å².